The molecule has 30 heavy (non-hydrogen) atoms. The van der Waals surface area contributed by atoms with E-state index in [4.69, 9.17) is 9.97 Å². The summed E-state index contributed by atoms with van der Waals surface area (Å²) in [6.07, 6.45) is 2.66. The van der Waals surface area contributed by atoms with Gasteiger partial charge >= 0.3 is 196 Å². The summed E-state index contributed by atoms with van der Waals surface area (Å²) < 4.78 is 3.94. The average Bonchev–Trinajstić information content (AvgIpc) is 2.81. The van der Waals surface area contributed by atoms with Gasteiger partial charge in [0.2, 0.25) is 0 Å². The molecule has 5 rings (SSSR count). The zero-order valence-electron chi connectivity index (χ0n) is 17.1. The summed E-state index contributed by atoms with van der Waals surface area (Å²) in [5.74, 6) is 0.885. The van der Waals surface area contributed by atoms with Crippen LogP contribution in [0.4, 0.5) is 0 Å². The fourth-order valence-corrected chi connectivity index (χ4v) is 42.1. The van der Waals surface area contributed by atoms with Gasteiger partial charge in [0, 0.05) is 0 Å². The Morgan fingerprint density at radius 2 is 1.67 bits per heavy atom. The first-order valence-corrected chi connectivity index (χ1v) is 28.6. The van der Waals surface area contributed by atoms with E-state index in [-0.39, 0.29) is 15.7 Å². The molecule has 0 saturated carbocycles. The van der Waals surface area contributed by atoms with Crippen molar-refractivity contribution in [3.05, 3.63) is 65.9 Å². The number of piperidine rings is 1. The molecule has 2 aliphatic heterocycles. The van der Waals surface area contributed by atoms with Crippen LogP contribution in [0.2, 0.25) is 0 Å². The Hall–Kier alpha value is -0.325. The van der Waals surface area contributed by atoms with E-state index in [0.717, 1.165) is 23.9 Å². The second kappa shape index (κ2) is 10.1. The molecule has 150 valence electrons. The van der Waals surface area contributed by atoms with Crippen molar-refractivity contribution in [1.82, 2.24) is 14.9 Å². The quantitative estimate of drug-likeness (QED) is 0.400. The molecule has 1 fully saturated rings. The van der Waals surface area contributed by atoms with Crippen LogP contribution in [0.25, 0.3) is 22.5 Å². The van der Waals surface area contributed by atoms with Crippen molar-refractivity contribution in [3.63, 3.8) is 0 Å². The molecule has 1 saturated heterocycles. The van der Waals surface area contributed by atoms with E-state index in [1.807, 2.05) is 0 Å². The van der Waals surface area contributed by atoms with Gasteiger partial charge in [-0.05, 0) is 0 Å². The number of aromatic nitrogens is 2. The van der Waals surface area contributed by atoms with Gasteiger partial charge in [0.05, 0.1) is 0 Å². The predicted octanol–water partition coefficient (Wildman–Crippen LogP) is 3.91. The van der Waals surface area contributed by atoms with Gasteiger partial charge in [-0.3, -0.25) is 0 Å². The van der Waals surface area contributed by atoms with Crippen molar-refractivity contribution >= 4 is 7.13 Å². The van der Waals surface area contributed by atoms with Crippen molar-refractivity contribution in [3.8, 4) is 22.5 Å². The zero-order chi connectivity index (χ0) is 20.3. The van der Waals surface area contributed by atoms with Crippen LogP contribution in [0.1, 0.15) is 31.0 Å². The summed E-state index contributed by atoms with van der Waals surface area (Å²) in [7, 11) is 0.714. The van der Waals surface area contributed by atoms with Crippen LogP contribution >= 0.6 is 0 Å². The second-order valence-corrected chi connectivity index (χ2v) is 47.2. The van der Waals surface area contributed by atoms with Crippen molar-refractivity contribution in [2.45, 2.75) is 26.3 Å². The summed E-state index contributed by atoms with van der Waals surface area (Å²) in [4.78, 5) is 13.0. The van der Waals surface area contributed by atoms with Crippen LogP contribution in [0, 0.1) is 29.9 Å². The molecule has 3 aromatic rings. The van der Waals surface area contributed by atoms with Crippen LogP contribution in [0.3, 0.4) is 0 Å². The van der Waals surface area contributed by atoms with Crippen LogP contribution in [-0.4, -0.2) is 32.4 Å². The summed E-state index contributed by atoms with van der Waals surface area (Å²) >= 11 is -0.994. The second-order valence-electron chi connectivity index (χ2n) is 8.10. The molecule has 0 spiro atoms. The zero-order valence-corrected chi connectivity index (χ0v) is 25.6. The molecule has 0 radical (unpaired) electrons. The molecule has 0 unspecified atom stereocenters. The van der Waals surface area contributed by atoms with Crippen LogP contribution in [0.15, 0.2) is 54.6 Å². The number of hydrogen-bond acceptors (Lipinski definition) is 3. The minimum atomic E-state index is -0.811. The Morgan fingerprint density at radius 3 is 2.43 bits per heavy atom. The minimum absolute atomic E-state index is 0.183. The van der Waals surface area contributed by atoms with Gasteiger partial charge in [0.1, 0.15) is 0 Å². The molecule has 2 aliphatic rings. The summed E-state index contributed by atoms with van der Waals surface area (Å²) in [6, 6.07) is 19.8. The third-order valence-electron chi connectivity index (χ3n) is 5.85. The molecular formula is C24H24N3UVW. The number of fused-ring (bicyclic) bond motifs is 1. The van der Waals surface area contributed by atoms with Gasteiger partial charge in [0.25, 0.3) is 0 Å². The van der Waals surface area contributed by atoms with Gasteiger partial charge in [-0.2, -0.15) is 0 Å². The van der Waals surface area contributed by atoms with Crippen molar-refractivity contribution < 1.29 is 47.6 Å². The fourth-order valence-electron chi connectivity index (χ4n) is 4.00. The van der Waals surface area contributed by atoms with E-state index in [0.29, 0.717) is 7.89 Å². The van der Waals surface area contributed by atoms with Gasteiger partial charge in [0.15, 0.2) is 0 Å². The van der Waals surface area contributed by atoms with E-state index in [9.17, 15) is 0 Å². The van der Waals surface area contributed by atoms with Gasteiger partial charge < -0.3 is 0 Å². The molecule has 3 nitrogen and oxygen atoms in total. The van der Waals surface area contributed by atoms with E-state index in [2.05, 4.69) is 70.8 Å². The number of rotatable bonds is 4. The van der Waals surface area contributed by atoms with Crippen molar-refractivity contribution in [2.24, 2.45) is 5.92 Å². The molecule has 0 atom stereocenters. The Labute approximate surface area is 201 Å². The van der Waals surface area contributed by atoms with Crippen LogP contribution in [-0.2, 0) is 30.1 Å². The first kappa shape index (κ1) is 21.5. The molecule has 6 heteroatoms. The van der Waals surface area contributed by atoms with E-state index >= 15 is 0 Å². The maximum atomic E-state index is 5.25. The molecule has 3 heterocycles. The Kier molecular flexibility index (Phi) is 7.23. The van der Waals surface area contributed by atoms with Crippen molar-refractivity contribution in [1.29, 1.82) is 0 Å². The number of nitrogens with zero attached hydrogens (tertiary/aromatic N) is 3. The topological polar surface area (TPSA) is 29.0 Å². The normalized spacial score (nSPS) is 16.3. The molecular weight excluding hydrogens is 803 g/mol. The van der Waals surface area contributed by atoms with Crippen molar-refractivity contribution in [2.75, 3.05) is 13.1 Å². The molecule has 0 aliphatic carbocycles. The van der Waals surface area contributed by atoms with Gasteiger partial charge in [-0.25, -0.2) is 0 Å². The maximum absolute atomic E-state index is 5.25. The average molecular weight is 827 g/mol. The Morgan fingerprint density at radius 1 is 0.967 bits per heavy atom. The third kappa shape index (κ3) is 5.01. The predicted molar refractivity (Wildman–Crippen MR) is 111 cm³/mol. The van der Waals surface area contributed by atoms with E-state index in [1.54, 1.807) is 0 Å². The van der Waals surface area contributed by atoms with Crippen LogP contribution < -0.4 is 2.73 Å². The molecule has 1 aromatic heterocycles. The molecule has 0 N–H and O–H groups in total. The molecule has 0 bridgehead atoms. The first-order valence-electron chi connectivity index (χ1n) is 10.5. The first-order chi connectivity index (χ1) is 14.8. The Bertz CT molecular complexity index is 1090. The Balaban J connectivity index is 1.47. The number of hydrogen-bond donors (Lipinski definition) is 0. The van der Waals surface area contributed by atoms with E-state index in [1.165, 1.54) is 51.0 Å². The fraction of sp³-hybridized carbons (Fsp3) is 0.292. The summed E-state index contributed by atoms with van der Waals surface area (Å²) in [6.45, 7) is 5.90. The van der Waals surface area contributed by atoms with Gasteiger partial charge in [-0.15, -0.1) is 0 Å². The summed E-state index contributed by atoms with van der Waals surface area (Å²) in [5, 5.41) is 0. The standard InChI is InChI=1S/C24H24N3.U.V.W/c1-18-12-14-27(15-13-18)17-20-8-10-22(11-9-20)23-24(26-19(2)16-25-23)21-6-4-3-5-7-21;;;/h2-11,18H,12-15,17H2,1H3;;;. The number of likely N-dealkylation sites (tertiary alicyclic amines) is 1. The molecule has 2 aromatic carbocycles. The van der Waals surface area contributed by atoms with Crippen LogP contribution in [0.5, 0.6) is 0 Å². The number of benzene rings is 2. The third-order valence-corrected chi connectivity index (χ3v) is 44.7. The SMILES string of the molecule is CC1CCN(Cc2ccc(-c3n[c]4c(nc3-c3ccccc3)[CH]=[W][V]=[U]4)cc2)CC1. The summed E-state index contributed by atoms with van der Waals surface area (Å²) in [5.41, 5.74) is 7.22. The monoisotopic (exact) mass is 827 g/mol. The molecule has 0 amide bonds. The van der Waals surface area contributed by atoms with E-state index < -0.39 is 24.0 Å². The van der Waals surface area contributed by atoms with Gasteiger partial charge in [-0.1, -0.05) is 6.92 Å².